The molecule has 0 aliphatic carbocycles. The highest BCUT2D eigenvalue weighted by Gasteiger charge is 2.49. The molecule has 0 radical (unpaired) electrons. The second-order valence-corrected chi connectivity index (χ2v) is 6.22. The molecule has 4 amide bonds. The molecule has 1 aromatic carbocycles. The summed E-state index contributed by atoms with van der Waals surface area (Å²) in [5.74, 6) is -1.26. The number of hydrogen-bond acceptors (Lipinski definition) is 3. The summed E-state index contributed by atoms with van der Waals surface area (Å²) in [7, 11) is 1.65. The first-order chi connectivity index (χ1) is 11.2. The van der Waals surface area contributed by atoms with Crippen LogP contribution in [0.3, 0.4) is 0 Å². The number of likely N-dealkylation sites (N-methyl/N-ethyl adjacent to an activating group) is 1. The molecule has 1 N–H and O–H groups in total. The number of amides is 4. The van der Waals surface area contributed by atoms with Crippen molar-refractivity contribution in [3.8, 4) is 0 Å². The zero-order valence-electron chi connectivity index (χ0n) is 14.3. The number of nitrogens with zero attached hydrogens (tertiary/aromatic N) is 2. The van der Waals surface area contributed by atoms with Gasteiger partial charge in [-0.05, 0) is 38.0 Å². The molecular weight excluding hydrogens is 313 g/mol. The van der Waals surface area contributed by atoms with Crippen LogP contribution in [-0.4, -0.2) is 47.3 Å². The van der Waals surface area contributed by atoms with E-state index in [1.807, 2.05) is 13.8 Å². The fraction of sp³-hybridized carbons (Fsp3) is 0.471. The number of imide groups is 1. The average molecular weight is 335 g/mol. The van der Waals surface area contributed by atoms with Crippen LogP contribution in [0.4, 0.5) is 9.18 Å². The van der Waals surface area contributed by atoms with E-state index in [4.69, 9.17) is 0 Å². The van der Waals surface area contributed by atoms with Gasteiger partial charge in [0.1, 0.15) is 17.9 Å². The van der Waals surface area contributed by atoms with Crippen molar-refractivity contribution in [2.45, 2.75) is 38.8 Å². The molecule has 0 bridgehead atoms. The van der Waals surface area contributed by atoms with Crippen LogP contribution < -0.4 is 5.32 Å². The van der Waals surface area contributed by atoms with Gasteiger partial charge in [0, 0.05) is 13.1 Å². The average Bonchev–Trinajstić information content (AvgIpc) is 2.78. The van der Waals surface area contributed by atoms with Gasteiger partial charge in [0.25, 0.3) is 5.91 Å². The Kier molecular flexibility index (Phi) is 4.91. The van der Waals surface area contributed by atoms with Crippen molar-refractivity contribution in [3.63, 3.8) is 0 Å². The second-order valence-electron chi connectivity index (χ2n) is 6.22. The maximum Gasteiger partial charge on any atom is 0.325 e. The molecule has 6 nitrogen and oxygen atoms in total. The van der Waals surface area contributed by atoms with Crippen LogP contribution in [0.25, 0.3) is 0 Å². The predicted octanol–water partition coefficient (Wildman–Crippen LogP) is 1.85. The first-order valence-electron chi connectivity index (χ1n) is 7.86. The number of nitrogens with one attached hydrogen (secondary N) is 1. The van der Waals surface area contributed by atoms with Crippen LogP contribution in [0.5, 0.6) is 0 Å². The number of carbonyl (C=O) groups excluding carboxylic acids is 3. The first kappa shape index (κ1) is 17.9. The van der Waals surface area contributed by atoms with E-state index in [0.29, 0.717) is 5.56 Å². The third-order valence-corrected chi connectivity index (χ3v) is 4.64. The Morgan fingerprint density at radius 3 is 2.46 bits per heavy atom. The molecule has 1 fully saturated rings. The van der Waals surface area contributed by atoms with E-state index in [9.17, 15) is 18.8 Å². The zero-order valence-corrected chi connectivity index (χ0v) is 14.3. The van der Waals surface area contributed by atoms with Gasteiger partial charge < -0.3 is 10.2 Å². The number of benzene rings is 1. The lowest BCUT2D eigenvalue weighted by atomic mass is 9.92. The maximum absolute atomic E-state index is 13.1. The standard InChI is InChI=1S/C17H22FN3O3/c1-5-11(2)20(4)14(22)10-21-15(23)17(3,19-16(21)24)12-6-8-13(18)9-7-12/h6-9,11H,5,10H2,1-4H3,(H,19,24). The molecule has 1 aliphatic rings. The van der Waals surface area contributed by atoms with Crippen molar-refractivity contribution in [2.75, 3.05) is 13.6 Å². The molecule has 2 atom stereocenters. The van der Waals surface area contributed by atoms with Gasteiger partial charge in [-0.15, -0.1) is 0 Å². The number of rotatable bonds is 5. The van der Waals surface area contributed by atoms with E-state index in [-0.39, 0.29) is 18.5 Å². The summed E-state index contributed by atoms with van der Waals surface area (Å²) >= 11 is 0. The van der Waals surface area contributed by atoms with E-state index in [0.717, 1.165) is 11.3 Å². The van der Waals surface area contributed by atoms with Gasteiger partial charge in [-0.25, -0.2) is 9.18 Å². The summed E-state index contributed by atoms with van der Waals surface area (Å²) in [6.07, 6.45) is 0.773. The molecule has 2 unspecified atom stereocenters. The molecule has 1 heterocycles. The minimum absolute atomic E-state index is 0.0155. The number of hydrogen-bond donors (Lipinski definition) is 1. The van der Waals surface area contributed by atoms with Crippen molar-refractivity contribution in [1.82, 2.24) is 15.1 Å². The first-order valence-corrected chi connectivity index (χ1v) is 7.86. The highest BCUT2D eigenvalue weighted by atomic mass is 19.1. The van der Waals surface area contributed by atoms with Crippen molar-refractivity contribution in [2.24, 2.45) is 0 Å². The van der Waals surface area contributed by atoms with E-state index in [1.54, 1.807) is 14.0 Å². The second kappa shape index (κ2) is 6.59. The summed E-state index contributed by atoms with van der Waals surface area (Å²) in [6, 6.07) is 4.74. The Labute approximate surface area is 140 Å². The van der Waals surface area contributed by atoms with Crippen LogP contribution in [-0.2, 0) is 15.1 Å². The Bertz CT molecular complexity index is 662. The van der Waals surface area contributed by atoms with Crippen LogP contribution >= 0.6 is 0 Å². The van der Waals surface area contributed by atoms with E-state index >= 15 is 0 Å². The van der Waals surface area contributed by atoms with E-state index in [2.05, 4.69) is 5.32 Å². The van der Waals surface area contributed by atoms with Gasteiger partial charge in [0.05, 0.1) is 0 Å². The van der Waals surface area contributed by atoms with Crippen molar-refractivity contribution in [3.05, 3.63) is 35.6 Å². The highest BCUT2D eigenvalue weighted by Crippen LogP contribution is 2.28. The maximum atomic E-state index is 13.1. The molecule has 0 saturated carbocycles. The fourth-order valence-corrected chi connectivity index (χ4v) is 2.59. The van der Waals surface area contributed by atoms with Crippen molar-refractivity contribution < 1.29 is 18.8 Å². The smallest absolute Gasteiger partial charge is 0.325 e. The molecule has 1 aromatic rings. The molecule has 7 heteroatoms. The van der Waals surface area contributed by atoms with Gasteiger partial charge in [-0.1, -0.05) is 19.1 Å². The van der Waals surface area contributed by atoms with Crippen LogP contribution in [0.15, 0.2) is 24.3 Å². The van der Waals surface area contributed by atoms with Gasteiger partial charge in [-0.3, -0.25) is 14.5 Å². The number of halogens is 1. The third-order valence-electron chi connectivity index (χ3n) is 4.64. The highest BCUT2D eigenvalue weighted by molar-refractivity contribution is 6.09. The third kappa shape index (κ3) is 3.11. The lowest BCUT2D eigenvalue weighted by Gasteiger charge is -2.26. The minimum atomic E-state index is -1.31. The van der Waals surface area contributed by atoms with E-state index < -0.39 is 23.3 Å². The molecule has 1 aliphatic heterocycles. The number of urea groups is 1. The topological polar surface area (TPSA) is 69.7 Å². The quantitative estimate of drug-likeness (QED) is 0.835. The Balaban J connectivity index is 2.20. The fourth-order valence-electron chi connectivity index (χ4n) is 2.59. The summed E-state index contributed by atoms with van der Waals surface area (Å²) in [5, 5.41) is 2.60. The van der Waals surface area contributed by atoms with Gasteiger partial charge in [0.15, 0.2) is 0 Å². The van der Waals surface area contributed by atoms with E-state index in [1.165, 1.54) is 29.2 Å². The van der Waals surface area contributed by atoms with Crippen molar-refractivity contribution >= 4 is 17.8 Å². The number of carbonyl (C=O) groups is 3. The summed E-state index contributed by atoms with van der Waals surface area (Å²) in [5.41, 5.74) is -0.840. The lowest BCUT2D eigenvalue weighted by Crippen LogP contribution is -2.45. The zero-order chi connectivity index (χ0) is 18.1. The molecular formula is C17H22FN3O3. The van der Waals surface area contributed by atoms with Crippen LogP contribution in [0, 0.1) is 5.82 Å². The molecule has 0 spiro atoms. The Morgan fingerprint density at radius 2 is 1.92 bits per heavy atom. The van der Waals surface area contributed by atoms with Crippen LogP contribution in [0.1, 0.15) is 32.8 Å². The van der Waals surface area contributed by atoms with Gasteiger partial charge in [-0.2, -0.15) is 0 Å². The van der Waals surface area contributed by atoms with Gasteiger partial charge in [0.2, 0.25) is 5.91 Å². The van der Waals surface area contributed by atoms with Crippen molar-refractivity contribution in [1.29, 1.82) is 0 Å². The molecule has 2 rings (SSSR count). The molecule has 24 heavy (non-hydrogen) atoms. The Hall–Kier alpha value is -2.44. The molecule has 1 saturated heterocycles. The summed E-state index contributed by atoms with van der Waals surface area (Å²) in [6.45, 7) is 5.08. The summed E-state index contributed by atoms with van der Waals surface area (Å²) < 4.78 is 13.1. The molecule has 0 aromatic heterocycles. The normalized spacial score (nSPS) is 21.6. The van der Waals surface area contributed by atoms with Gasteiger partial charge >= 0.3 is 6.03 Å². The Morgan fingerprint density at radius 1 is 1.33 bits per heavy atom. The largest absolute Gasteiger partial charge is 0.342 e. The molecule has 130 valence electrons. The predicted molar refractivity (Wildman–Crippen MR) is 86.5 cm³/mol. The lowest BCUT2D eigenvalue weighted by molar-refractivity contribution is -0.139. The monoisotopic (exact) mass is 335 g/mol. The minimum Gasteiger partial charge on any atom is -0.342 e. The van der Waals surface area contributed by atoms with Crippen LogP contribution in [0.2, 0.25) is 0 Å². The SMILES string of the molecule is CCC(C)N(C)C(=O)CN1C(=O)NC(C)(c2ccc(F)cc2)C1=O. The summed E-state index contributed by atoms with van der Waals surface area (Å²) in [4.78, 5) is 39.6.